The van der Waals surface area contributed by atoms with Crippen LogP contribution in [0.25, 0.3) is 0 Å². The van der Waals surface area contributed by atoms with E-state index in [9.17, 15) is 0 Å². The van der Waals surface area contributed by atoms with Gasteiger partial charge < -0.3 is 10.2 Å². The van der Waals surface area contributed by atoms with Crippen LogP contribution in [-0.4, -0.2) is 37.1 Å². The highest BCUT2D eigenvalue weighted by Crippen LogP contribution is 2.36. The minimum atomic E-state index is 0.741. The molecule has 1 fully saturated rings. The first-order chi connectivity index (χ1) is 8.83. The van der Waals surface area contributed by atoms with E-state index in [0.29, 0.717) is 0 Å². The van der Waals surface area contributed by atoms with Gasteiger partial charge in [0.15, 0.2) is 0 Å². The number of rotatable bonds is 7. The summed E-state index contributed by atoms with van der Waals surface area (Å²) in [6.07, 6.45) is 2.62. The number of nitrogens with zero attached hydrogens (tertiary/aromatic N) is 1. The van der Waals surface area contributed by atoms with E-state index >= 15 is 0 Å². The maximum absolute atomic E-state index is 3.68. The minimum Gasteiger partial charge on any atom is -0.313 e. The monoisotopic (exact) mass is 246 g/mol. The fourth-order valence-corrected chi connectivity index (χ4v) is 2.75. The van der Waals surface area contributed by atoms with Crippen molar-refractivity contribution in [3.05, 3.63) is 35.9 Å². The molecule has 0 heterocycles. The van der Waals surface area contributed by atoms with Crippen molar-refractivity contribution in [3.8, 4) is 0 Å². The Morgan fingerprint density at radius 3 is 2.39 bits per heavy atom. The van der Waals surface area contributed by atoms with Crippen LogP contribution in [0.5, 0.6) is 0 Å². The molecule has 2 heteroatoms. The molecule has 0 bridgehead atoms. The van der Waals surface area contributed by atoms with Gasteiger partial charge in [-0.2, -0.15) is 0 Å². The van der Waals surface area contributed by atoms with Crippen molar-refractivity contribution < 1.29 is 0 Å². The molecule has 0 aliphatic heterocycles. The van der Waals surface area contributed by atoms with Crippen molar-refractivity contribution in [1.82, 2.24) is 10.2 Å². The third-order valence-electron chi connectivity index (χ3n) is 4.16. The van der Waals surface area contributed by atoms with Crippen molar-refractivity contribution >= 4 is 0 Å². The van der Waals surface area contributed by atoms with Gasteiger partial charge in [-0.05, 0) is 37.4 Å². The molecule has 0 atom stereocenters. The average molecular weight is 246 g/mol. The molecule has 1 saturated carbocycles. The predicted octanol–water partition coefficient (Wildman–Crippen LogP) is 2.86. The van der Waals surface area contributed by atoms with E-state index in [0.717, 1.165) is 31.6 Å². The molecule has 0 unspecified atom stereocenters. The first-order valence-corrected chi connectivity index (χ1v) is 7.34. The van der Waals surface area contributed by atoms with Gasteiger partial charge in [0.05, 0.1) is 0 Å². The zero-order valence-electron chi connectivity index (χ0n) is 11.7. The summed E-state index contributed by atoms with van der Waals surface area (Å²) in [5, 5.41) is 3.68. The van der Waals surface area contributed by atoms with E-state index in [1.807, 2.05) is 0 Å². The molecule has 2 nitrogen and oxygen atoms in total. The Balaban J connectivity index is 1.62. The van der Waals surface area contributed by atoms with Crippen molar-refractivity contribution in [2.45, 2.75) is 38.6 Å². The first-order valence-electron chi connectivity index (χ1n) is 7.34. The van der Waals surface area contributed by atoms with E-state index in [-0.39, 0.29) is 0 Å². The summed E-state index contributed by atoms with van der Waals surface area (Å²) >= 11 is 0. The van der Waals surface area contributed by atoms with Crippen LogP contribution in [0.1, 0.15) is 38.2 Å². The first kappa shape index (κ1) is 13.6. The summed E-state index contributed by atoms with van der Waals surface area (Å²) in [5.74, 6) is 0.789. The van der Waals surface area contributed by atoms with Crippen LogP contribution >= 0.6 is 0 Å². The highest BCUT2D eigenvalue weighted by molar-refractivity contribution is 5.22. The Bertz CT molecular complexity index is 326. The predicted molar refractivity (Wildman–Crippen MR) is 78.0 cm³/mol. The lowest BCUT2D eigenvalue weighted by Gasteiger charge is -2.37. The van der Waals surface area contributed by atoms with E-state index in [4.69, 9.17) is 0 Å². The fourth-order valence-electron chi connectivity index (χ4n) is 2.75. The van der Waals surface area contributed by atoms with E-state index in [2.05, 4.69) is 54.4 Å². The quantitative estimate of drug-likeness (QED) is 0.796. The molecule has 0 saturated heterocycles. The van der Waals surface area contributed by atoms with Crippen LogP contribution in [0.3, 0.4) is 0 Å². The van der Waals surface area contributed by atoms with Crippen molar-refractivity contribution in [1.29, 1.82) is 0 Å². The Morgan fingerprint density at radius 2 is 1.78 bits per heavy atom. The van der Waals surface area contributed by atoms with E-state index in [1.54, 1.807) is 0 Å². The topological polar surface area (TPSA) is 15.3 Å². The summed E-state index contributed by atoms with van der Waals surface area (Å²) < 4.78 is 0. The van der Waals surface area contributed by atoms with Gasteiger partial charge in [0.2, 0.25) is 0 Å². The standard InChI is InChI=1S/C16H26N2/c1-3-18(4-2)11-10-17-16-12-15(13-16)14-8-6-5-7-9-14/h5-9,15-17H,3-4,10-13H2,1-2H3. The second-order valence-corrected chi connectivity index (χ2v) is 5.26. The third-order valence-corrected chi connectivity index (χ3v) is 4.16. The third kappa shape index (κ3) is 3.56. The molecule has 0 amide bonds. The van der Waals surface area contributed by atoms with Gasteiger partial charge in [-0.1, -0.05) is 44.2 Å². The Kier molecular flexibility index (Phi) is 5.21. The van der Waals surface area contributed by atoms with Gasteiger partial charge in [0.1, 0.15) is 0 Å². The molecule has 2 rings (SSSR count). The van der Waals surface area contributed by atoms with E-state index < -0.39 is 0 Å². The molecule has 0 radical (unpaired) electrons. The largest absolute Gasteiger partial charge is 0.313 e. The lowest BCUT2D eigenvalue weighted by Crippen LogP contribution is -2.43. The van der Waals surface area contributed by atoms with Gasteiger partial charge in [-0.15, -0.1) is 0 Å². The van der Waals surface area contributed by atoms with Gasteiger partial charge in [-0.3, -0.25) is 0 Å². The molecule has 18 heavy (non-hydrogen) atoms. The summed E-state index contributed by atoms with van der Waals surface area (Å²) in [5.41, 5.74) is 1.51. The number of benzene rings is 1. The van der Waals surface area contributed by atoms with Crippen LogP contribution in [-0.2, 0) is 0 Å². The van der Waals surface area contributed by atoms with Gasteiger partial charge >= 0.3 is 0 Å². The maximum Gasteiger partial charge on any atom is 0.0107 e. The zero-order chi connectivity index (χ0) is 12.8. The molecule has 0 aromatic heterocycles. The summed E-state index contributed by atoms with van der Waals surface area (Å²) in [6, 6.07) is 11.7. The second-order valence-electron chi connectivity index (χ2n) is 5.26. The Hall–Kier alpha value is -0.860. The van der Waals surface area contributed by atoms with Crippen molar-refractivity contribution in [3.63, 3.8) is 0 Å². The summed E-state index contributed by atoms with van der Waals surface area (Å²) in [4.78, 5) is 2.47. The van der Waals surface area contributed by atoms with Gasteiger partial charge in [-0.25, -0.2) is 0 Å². The number of nitrogens with one attached hydrogen (secondary N) is 1. The summed E-state index contributed by atoms with van der Waals surface area (Å²) in [6.45, 7) is 9.11. The molecule has 1 N–H and O–H groups in total. The molecule has 1 aromatic rings. The highest BCUT2D eigenvalue weighted by atomic mass is 15.1. The van der Waals surface area contributed by atoms with Gasteiger partial charge in [0.25, 0.3) is 0 Å². The SMILES string of the molecule is CCN(CC)CCNC1CC(c2ccccc2)C1. The van der Waals surface area contributed by atoms with Crippen molar-refractivity contribution in [2.75, 3.05) is 26.2 Å². The Morgan fingerprint density at radius 1 is 1.11 bits per heavy atom. The minimum absolute atomic E-state index is 0.741. The molecular weight excluding hydrogens is 220 g/mol. The average Bonchev–Trinajstić information content (AvgIpc) is 2.38. The smallest absolute Gasteiger partial charge is 0.0107 e. The van der Waals surface area contributed by atoms with Gasteiger partial charge in [0, 0.05) is 19.1 Å². The van der Waals surface area contributed by atoms with E-state index in [1.165, 1.54) is 24.9 Å². The fraction of sp³-hybridized carbons (Fsp3) is 0.625. The molecule has 1 aliphatic rings. The number of hydrogen-bond acceptors (Lipinski definition) is 2. The molecule has 1 aromatic carbocycles. The van der Waals surface area contributed by atoms with Crippen LogP contribution in [0, 0.1) is 0 Å². The van der Waals surface area contributed by atoms with Crippen molar-refractivity contribution in [2.24, 2.45) is 0 Å². The Labute approximate surface area is 111 Å². The molecular formula is C16H26N2. The van der Waals surface area contributed by atoms with Crippen LogP contribution in [0.4, 0.5) is 0 Å². The highest BCUT2D eigenvalue weighted by Gasteiger charge is 2.29. The molecule has 0 spiro atoms. The van der Waals surface area contributed by atoms with Crippen LogP contribution in [0.2, 0.25) is 0 Å². The lowest BCUT2D eigenvalue weighted by atomic mass is 9.76. The zero-order valence-corrected chi connectivity index (χ0v) is 11.7. The van der Waals surface area contributed by atoms with Crippen LogP contribution < -0.4 is 5.32 Å². The molecule has 100 valence electrons. The maximum atomic E-state index is 3.68. The molecule has 1 aliphatic carbocycles. The number of hydrogen-bond donors (Lipinski definition) is 1. The lowest BCUT2D eigenvalue weighted by molar-refractivity contribution is 0.256. The number of likely N-dealkylation sites (N-methyl/N-ethyl adjacent to an activating group) is 1. The second kappa shape index (κ2) is 6.91. The summed E-state index contributed by atoms with van der Waals surface area (Å²) in [7, 11) is 0. The van der Waals surface area contributed by atoms with Crippen LogP contribution in [0.15, 0.2) is 30.3 Å². The normalized spacial score (nSPS) is 23.1.